The number of hydrogen-bond donors (Lipinski definition) is 1. The van der Waals surface area contributed by atoms with Crippen LogP contribution in [0.1, 0.15) is 12.0 Å². The average Bonchev–Trinajstić information content (AvgIpc) is 2.84. The van der Waals surface area contributed by atoms with E-state index < -0.39 is 0 Å². The first-order chi connectivity index (χ1) is 12.1. The summed E-state index contributed by atoms with van der Waals surface area (Å²) < 4.78 is 0. The van der Waals surface area contributed by atoms with Crippen LogP contribution in [-0.2, 0) is 9.59 Å². The molecule has 2 amide bonds. The smallest absolute Gasteiger partial charge is 0.246 e. The molecule has 0 radical (unpaired) electrons. The standard InChI is InChI=1S/C20H23N3O2/c21-19(24)15-22-11-4-12-23(14-13-22)20(25)10-9-17-7-3-6-16-5-1-2-8-18(16)17/h1-3,5-10H,4,11-15H2,(H2,21,24)/b10-9+. The molecule has 1 aliphatic rings. The maximum atomic E-state index is 12.5. The molecule has 0 saturated carbocycles. The average molecular weight is 337 g/mol. The summed E-state index contributed by atoms with van der Waals surface area (Å²) in [4.78, 5) is 27.4. The minimum absolute atomic E-state index is 0.00820. The second kappa shape index (κ2) is 7.94. The highest BCUT2D eigenvalue weighted by Gasteiger charge is 2.18. The molecule has 0 unspecified atom stereocenters. The van der Waals surface area contributed by atoms with E-state index in [2.05, 4.69) is 18.2 Å². The molecule has 5 nitrogen and oxygen atoms in total. The summed E-state index contributed by atoms with van der Waals surface area (Å²) in [5, 5.41) is 2.30. The lowest BCUT2D eigenvalue weighted by molar-refractivity contribution is -0.125. The van der Waals surface area contributed by atoms with Gasteiger partial charge in [-0.2, -0.15) is 0 Å². The molecule has 5 heteroatoms. The van der Waals surface area contributed by atoms with Gasteiger partial charge in [0.2, 0.25) is 11.8 Å². The second-order valence-electron chi connectivity index (χ2n) is 6.32. The zero-order valence-electron chi connectivity index (χ0n) is 14.2. The van der Waals surface area contributed by atoms with Gasteiger partial charge in [0.1, 0.15) is 0 Å². The Bertz CT molecular complexity index is 795. The van der Waals surface area contributed by atoms with Crippen molar-refractivity contribution in [2.24, 2.45) is 5.73 Å². The van der Waals surface area contributed by atoms with Crippen LogP contribution in [0, 0.1) is 0 Å². The van der Waals surface area contributed by atoms with E-state index in [1.807, 2.05) is 40.1 Å². The molecule has 2 N–H and O–H groups in total. The first-order valence-corrected chi connectivity index (χ1v) is 8.59. The highest BCUT2D eigenvalue weighted by Crippen LogP contribution is 2.19. The number of hydrogen-bond acceptors (Lipinski definition) is 3. The Labute approximate surface area is 147 Å². The maximum Gasteiger partial charge on any atom is 0.246 e. The van der Waals surface area contributed by atoms with Gasteiger partial charge in [0.05, 0.1) is 6.54 Å². The molecule has 1 fully saturated rings. The molecule has 25 heavy (non-hydrogen) atoms. The Morgan fingerprint density at radius 3 is 2.64 bits per heavy atom. The number of primary amides is 1. The van der Waals surface area contributed by atoms with Gasteiger partial charge in [-0.05, 0) is 28.8 Å². The van der Waals surface area contributed by atoms with E-state index >= 15 is 0 Å². The van der Waals surface area contributed by atoms with E-state index in [1.54, 1.807) is 6.08 Å². The minimum Gasteiger partial charge on any atom is -0.369 e. The summed E-state index contributed by atoms with van der Waals surface area (Å²) in [6.45, 7) is 3.05. The number of fused-ring (bicyclic) bond motifs is 1. The summed E-state index contributed by atoms with van der Waals surface area (Å²) in [7, 11) is 0. The lowest BCUT2D eigenvalue weighted by Gasteiger charge is -2.20. The number of rotatable bonds is 4. The monoisotopic (exact) mass is 337 g/mol. The normalized spacial score (nSPS) is 16.2. The van der Waals surface area contributed by atoms with Crippen molar-refractivity contribution >= 4 is 28.7 Å². The van der Waals surface area contributed by atoms with E-state index in [0.29, 0.717) is 19.6 Å². The maximum absolute atomic E-state index is 12.5. The summed E-state index contributed by atoms with van der Waals surface area (Å²) in [5.41, 5.74) is 6.29. The molecule has 0 atom stereocenters. The Morgan fingerprint density at radius 1 is 1.00 bits per heavy atom. The van der Waals surface area contributed by atoms with Gasteiger partial charge in [0.15, 0.2) is 0 Å². The second-order valence-corrected chi connectivity index (χ2v) is 6.32. The van der Waals surface area contributed by atoms with Crippen molar-refractivity contribution in [3.8, 4) is 0 Å². The predicted octanol–water partition coefficient (Wildman–Crippen LogP) is 1.87. The van der Waals surface area contributed by atoms with E-state index in [0.717, 1.165) is 29.3 Å². The molecular formula is C20H23N3O2. The Balaban J connectivity index is 1.67. The van der Waals surface area contributed by atoms with Crippen LogP contribution in [0.2, 0.25) is 0 Å². The molecule has 0 aliphatic carbocycles. The minimum atomic E-state index is -0.323. The zero-order chi connectivity index (χ0) is 17.6. The first kappa shape index (κ1) is 17.2. The van der Waals surface area contributed by atoms with Crippen molar-refractivity contribution in [3.63, 3.8) is 0 Å². The number of carbonyl (C=O) groups is 2. The molecule has 1 saturated heterocycles. The Morgan fingerprint density at radius 2 is 1.80 bits per heavy atom. The molecule has 0 spiro atoms. The lowest BCUT2D eigenvalue weighted by Crippen LogP contribution is -2.37. The third kappa shape index (κ3) is 4.45. The third-order valence-electron chi connectivity index (χ3n) is 4.51. The summed E-state index contributed by atoms with van der Waals surface area (Å²) in [5.74, 6) is -0.315. The summed E-state index contributed by atoms with van der Waals surface area (Å²) >= 11 is 0. The molecule has 2 aromatic carbocycles. The lowest BCUT2D eigenvalue weighted by atomic mass is 10.0. The Hall–Kier alpha value is -2.66. The van der Waals surface area contributed by atoms with Crippen molar-refractivity contribution < 1.29 is 9.59 Å². The first-order valence-electron chi connectivity index (χ1n) is 8.59. The van der Waals surface area contributed by atoms with Crippen molar-refractivity contribution in [3.05, 3.63) is 54.1 Å². The van der Waals surface area contributed by atoms with Gasteiger partial charge in [-0.1, -0.05) is 42.5 Å². The van der Waals surface area contributed by atoms with Crippen LogP contribution in [0.5, 0.6) is 0 Å². The third-order valence-corrected chi connectivity index (χ3v) is 4.51. The highest BCUT2D eigenvalue weighted by atomic mass is 16.2. The molecule has 0 aromatic heterocycles. The zero-order valence-corrected chi connectivity index (χ0v) is 14.2. The van der Waals surface area contributed by atoms with E-state index in [-0.39, 0.29) is 18.4 Å². The Kier molecular flexibility index (Phi) is 5.46. The predicted molar refractivity (Wildman–Crippen MR) is 99.8 cm³/mol. The molecule has 130 valence electrons. The SMILES string of the molecule is NC(=O)CN1CCCN(C(=O)/C=C/c2cccc3ccccc23)CC1. The topological polar surface area (TPSA) is 66.6 Å². The van der Waals surface area contributed by atoms with E-state index in [9.17, 15) is 9.59 Å². The molecule has 2 aromatic rings. The van der Waals surface area contributed by atoms with Gasteiger partial charge >= 0.3 is 0 Å². The van der Waals surface area contributed by atoms with Gasteiger partial charge in [-0.15, -0.1) is 0 Å². The molecule has 1 aliphatic heterocycles. The van der Waals surface area contributed by atoms with Crippen LogP contribution in [-0.4, -0.2) is 54.3 Å². The van der Waals surface area contributed by atoms with Gasteiger partial charge in [-0.25, -0.2) is 0 Å². The van der Waals surface area contributed by atoms with Crippen molar-refractivity contribution in [2.75, 3.05) is 32.7 Å². The largest absolute Gasteiger partial charge is 0.369 e. The van der Waals surface area contributed by atoms with Gasteiger partial charge in [0.25, 0.3) is 0 Å². The highest BCUT2D eigenvalue weighted by molar-refractivity contribution is 5.96. The van der Waals surface area contributed by atoms with E-state index in [4.69, 9.17) is 5.73 Å². The fourth-order valence-electron chi connectivity index (χ4n) is 3.23. The van der Waals surface area contributed by atoms with Crippen LogP contribution in [0.15, 0.2) is 48.5 Å². The quantitative estimate of drug-likeness (QED) is 0.866. The van der Waals surface area contributed by atoms with E-state index in [1.165, 1.54) is 0 Å². The molecule has 1 heterocycles. The van der Waals surface area contributed by atoms with Crippen LogP contribution >= 0.6 is 0 Å². The summed E-state index contributed by atoms with van der Waals surface area (Å²) in [6.07, 6.45) is 4.38. The van der Waals surface area contributed by atoms with Crippen molar-refractivity contribution in [1.82, 2.24) is 9.80 Å². The number of carbonyl (C=O) groups excluding carboxylic acids is 2. The van der Waals surface area contributed by atoms with Crippen LogP contribution in [0.3, 0.4) is 0 Å². The van der Waals surface area contributed by atoms with Gasteiger partial charge in [0, 0.05) is 32.3 Å². The van der Waals surface area contributed by atoms with Crippen molar-refractivity contribution in [2.45, 2.75) is 6.42 Å². The molecular weight excluding hydrogens is 314 g/mol. The van der Waals surface area contributed by atoms with Gasteiger partial charge in [-0.3, -0.25) is 14.5 Å². The summed E-state index contributed by atoms with van der Waals surface area (Å²) in [6, 6.07) is 14.2. The van der Waals surface area contributed by atoms with Gasteiger partial charge < -0.3 is 10.6 Å². The molecule has 0 bridgehead atoms. The number of benzene rings is 2. The molecule has 3 rings (SSSR count). The van der Waals surface area contributed by atoms with Crippen molar-refractivity contribution in [1.29, 1.82) is 0 Å². The number of amides is 2. The number of nitrogens with two attached hydrogens (primary N) is 1. The fourth-order valence-corrected chi connectivity index (χ4v) is 3.23. The van der Waals surface area contributed by atoms with Crippen LogP contribution in [0.25, 0.3) is 16.8 Å². The van der Waals surface area contributed by atoms with Crippen LogP contribution < -0.4 is 5.73 Å². The number of nitrogens with zero attached hydrogens (tertiary/aromatic N) is 2. The fraction of sp³-hybridized carbons (Fsp3) is 0.300. The van der Waals surface area contributed by atoms with Crippen LogP contribution in [0.4, 0.5) is 0 Å².